The van der Waals surface area contributed by atoms with Crippen LogP contribution in [0.1, 0.15) is 25.3 Å². The molecule has 29 heavy (non-hydrogen) atoms. The smallest absolute Gasteiger partial charge is 0.243 e. The number of nitrogens with one attached hydrogen (secondary N) is 3. The first-order valence-electron chi connectivity index (χ1n) is 9.60. The summed E-state index contributed by atoms with van der Waals surface area (Å²) in [4.78, 5) is 24.1. The third-order valence-electron chi connectivity index (χ3n) is 4.36. The molecule has 10 heteroatoms. The van der Waals surface area contributed by atoms with Crippen LogP contribution >= 0.6 is 23.1 Å². The summed E-state index contributed by atoms with van der Waals surface area (Å²) in [6, 6.07) is 7.63. The van der Waals surface area contributed by atoms with Crippen molar-refractivity contribution in [1.82, 2.24) is 15.5 Å². The van der Waals surface area contributed by atoms with Gasteiger partial charge in [0.2, 0.25) is 16.9 Å². The van der Waals surface area contributed by atoms with Crippen molar-refractivity contribution in [3.05, 3.63) is 29.8 Å². The molecule has 1 fully saturated rings. The Labute approximate surface area is 178 Å². The number of thioether (sulfide) groups is 1. The van der Waals surface area contributed by atoms with Crippen LogP contribution in [0.5, 0.6) is 0 Å². The fourth-order valence-electron chi connectivity index (χ4n) is 2.85. The fraction of sp³-hybridized carbons (Fsp3) is 0.474. The maximum absolute atomic E-state index is 12.1. The molecule has 2 heterocycles. The Bertz CT molecular complexity index is 824. The van der Waals surface area contributed by atoms with Crippen molar-refractivity contribution < 1.29 is 14.3 Å². The molecule has 156 valence electrons. The number of rotatable bonds is 10. The number of amides is 2. The monoisotopic (exact) mass is 435 g/mol. The number of carbonyl (C=O) groups is 2. The van der Waals surface area contributed by atoms with Gasteiger partial charge in [0.15, 0.2) is 4.34 Å². The normalized spacial score (nSPS) is 15.8. The van der Waals surface area contributed by atoms with Gasteiger partial charge in [0.1, 0.15) is 0 Å². The van der Waals surface area contributed by atoms with E-state index in [4.69, 9.17) is 4.74 Å². The molecule has 0 saturated carbocycles. The van der Waals surface area contributed by atoms with E-state index in [9.17, 15) is 9.59 Å². The van der Waals surface area contributed by atoms with Gasteiger partial charge in [-0.25, -0.2) is 0 Å². The minimum Gasteiger partial charge on any atom is -0.376 e. The van der Waals surface area contributed by atoms with E-state index in [1.807, 2.05) is 31.2 Å². The Hall–Kier alpha value is -2.17. The fourth-order valence-corrected chi connectivity index (χ4v) is 4.44. The number of ether oxygens (including phenoxy) is 1. The van der Waals surface area contributed by atoms with Gasteiger partial charge in [0.05, 0.1) is 18.4 Å². The Morgan fingerprint density at radius 2 is 2.14 bits per heavy atom. The van der Waals surface area contributed by atoms with Crippen molar-refractivity contribution in [2.24, 2.45) is 0 Å². The molecule has 8 nitrogen and oxygen atoms in total. The van der Waals surface area contributed by atoms with E-state index in [2.05, 4.69) is 26.1 Å². The highest BCUT2D eigenvalue weighted by molar-refractivity contribution is 8.01. The minimum absolute atomic E-state index is 0.0677. The van der Waals surface area contributed by atoms with Crippen LogP contribution < -0.4 is 16.0 Å². The summed E-state index contributed by atoms with van der Waals surface area (Å²) in [6.07, 6.45) is 3.22. The average molecular weight is 436 g/mol. The molecule has 1 atom stereocenters. The number of nitrogens with zero attached hydrogens (tertiary/aromatic N) is 2. The van der Waals surface area contributed by atoms with Crippen LogP contribution in [0.2, 0.25) is 0 Å². The van der Waals surface area contributed by atoms with Gasteiger partial charge < -0.3 is 20.7 Å². The lowest BCUT2D eigenvalue weighted by molar-refractivity contribution is -0.122. The number of anilines is 2. The number of carbonyl (C=O) groups excluding carboxylic acids is 2. The molecule has 1 saturated heterocycles. The van der Waals surface area contributed by atoms with Gasteiger partial charge in [-0.05, 0) is 30.9 Å². The largest absolute Gasteiger partial charge is 0.376 e. The lowest BCUT2D eigenvalue weighted by Gasteiger charge is -2.10. The van der Waals surface area contributed by atoms with Crippen molar-refractivity contribution in [2.45, 2.75) is 36.6 Å². The topological polar surface area (TPSA) is 105 Å². The van der Waals surface area contributed by atoms with E-state index in [0.29, 0.717) is 4.34 Å². The van der Waals surface area contributed by atoms with Crippen LogP contribution in [0.3, 0.4) is 0 Å². The van der Waals surface area contributed by atoms with Crippen molar-refractivity contribution in [1.29, 1.82) is 0 Å². The van der Waals surface area contributed by atoms with Crippen LogP contribution in [-0.2, 0) is 20.7 Å². The van der Waals surface area contributed by atoms with Gasteiger partial charge in [-0.3, -0.25) is 9.59 Å². The second-order valence-electron chi connectivity index (χ2n) is 6.51. The highest BCUT2D eigenvalue weighted by Gasteiger charge is 2.16. The molecule has 0 aliphatic carbocycles. The number of hydrogen-bond acceptors (Lipinski definition) is 8. The molecule has 1 aromatic carbocycles. The van der Waals surface area contributed by atoms with Crippen LogP contribution in [0, 0.1) is 0 Å². The van der Waals surface area contributed by atoms with Gasteiger partial charge in [-0.1, -0.05) is 48.2 Å². The van der Waals surface area contributed by atoms with E-state index in [1.54, 1.807) is 0 Å². The number of hydrogen-bond donors (Lipinski definition) is 3. The summed E-state index contributed by atoms with van der Waals surface area (Å²) >= 11 is 2.70. The van der Waals surface area contributed by atoms with Crippen LogP contribution in [0.25, 0.3) is 0 Å². The van der Waals surface area contributed by atoms with E-state index in [1.165, 1.54) is 23.1 Å². The maximum Gasteiger partial charge on any atom is 0.243 e. The molecule has 0 radical (unpaired) electrons. The summed E-state index contributed by atoms with van der Waals surface area (Å²) < 4.78 is 6.27. The first kappa shape index (κ1) is 21.5. The predicted molar refractivity (Wildman–Crippen MR) is 116 cm³/mol. The summed E-state index contributed by atoms with van der Waals surface area (Å²) in [6.45, 7) is 3.50. The van der Waals surface area contributed by atoms with Gasteiger partial charge >= 0.3 is 0 Å². The highest BCUT2D eigenvalue weighted by atomic mass is 32.2. The van der Waals surface area contributed by atoms with E-state index < -0.39 is 0 Å². The molecule has 1 aliphatic heterocycles. The van der Waals surface area contributed by atoms with Crippen molar-refractivity contribution in [2.75, 3.05) is 36.1 Å². The zero-order valence-electron chi connectivity index (χ0n) is 16.3. The van der Waals surface area contributed by atoms with Gasteiger partial charge in [0.25, 0.3) is 0 Å². The first-order chi connectivity index (χ1) is 14.1. The number of aryl methyl sites for hydroxylation is 1. The average Bonchev–Trinajstić information content (AvgIpc) is 3.41. The third kappa shape index (κ3) is 6.98. The zero-order chi connectivity index (χ0) is 20.5. The molecule has 2 aromatic rings. The van der Waals surface area contributed by atoms with E-state index in [-0.39, 0.29) is 30.2 Å². The third-order valence-corrected chi connectivity index (χ3v) is 6.37. The van der Waals surface area contributed by atoms with E-state index in [0.717, 1.165) is 48.8 Å². The quantitative estimate of drug-likeness (QED) is 0.493. The van der Waals surface area contributed by atoms with Crippen LogP contribution in [0.4, 0.5) is 10.8 Å². The van der Waals surface area contributed by atoms with Gasteiger partial charge in [0, 0.05) is 18.8 Å². The molecule has 0 bridgehead atoms. The van der Waals surface area contributed by atoms with Crippen LogP contribution in [-0.4, -0.2) is 53.6 Å². The Balaban J connectivity index is 1.35. The van der Waals surface area contributed by atoms with E-state index >= 15 is 0 Å². The second-order valence-corrected chi connectivity index (χ2v) is 8.71. The second kappa shape index (κ2) is 11.1. The summed E-state index contributed by atoms with van der Waals surface area (Å²) in [5.74, 6) is -0.294. The Morgan fingerprint density at radius 3 is 2.93 bits per heavy atom. The summed E-state index contributed by atoms with van der Waals surface area (Å²) in [7, 11) is 0. The lowest BCUT2D eigenvalue weighted by atomic mass is 10.1. The predicted octanol–water partition coefficient (Wildman–Crippen LogP) is 2.54. The standard InChI is InChI=1S/C19H25N5O3S2/c1-2-13-6-3-4-8-15(13)22-16(25)11-20-17(26)12-28-19-24-23-18(29-19)21-10-14-7-5-9-27-14/h3-4,6,8,14H,2,5,7,9-12H2,1H3,(H,20,26)(H,21,23)(H,22,25). The minimum atomic E-state index is -0.249. The molecule has 1 unspecified atom stereocenters. The Kier molecular flexibility index (Phi) is 8.26. The molecule has 1 aliphatic rings. The summed E-state index contributed by atoms with van der Waals surface area (Å²) in [5, 5.41) is 17.6. The summed E-state index contributed by atoms with van der Waals surface area (Å²) in [5.41, 5.74) is 1.84. The SMILES string of the molecule is CCc1ccccc1NC(=O)CNC(=O)CSc1nnc(NCC2CCCO2)s1. The first-order valence-corrected chi connectivity index (χ1v) is 11.4. The van der Waals surface area contributed by atoms with Crippen molar-refractivity contribution in [3.63, 3.8) is 0 Å². The molecular formula is C19H25N5O3S2. The molecule has 1 aromatic heterocycles. The molecule has 2 amide bonds. The van der Waals surface area contributed by atoms with Crippen molar-refractivity contribution >= 4 is 45.7 Å². The number of para-hydroxylation sites is 1. The van der Waals surface area contributed by atoms with Gasteiger partial charge in [-0.2, -0.15) is 0 Å². The van der Waals surface area contributed by atoms with Crippen LogP contribution in [0.15, 0.2) is 28.6 Å². The van der Waals surface area contributed by atoms with Crippen molar-refractivity contribution in [3.8, 4) is 0 Å². The molecule has 3 rings (SSSR count). The lowest BCUT2D eigenvalue weighted by Crippen LogP contribution is -2.34. The number of benzene rings is 1. The molecule has 0 spiro atoms. The number of aromatic nitrogens is 2. The zero-order valence-corrected chi connectivity index (χ0v) is 17.9. The Morgan fingerprint density at radius 1 is 1.28 bits per heavy atom. The highest BCUT2D eigenvalue weighted by Crippen LogP contribution is 2.25. The van der Waals surface area contributed by atoms with Gasteiger partial charge in [-0.15, -0.1) is 10.2 Å². The maximum atomic E-state index is 12.1. The molecular weight excluding hydrogens is 410 g/mol. The molecule has 3 N–H and O–H groups in total.